The largest absolute Gasteiger partial charge is 0.255 e. The topological polar surface area (TPSA) is 36.7 Å². The Hall–Kier alpha value is -2.05. The van der Waals surface area contributed by atoms with Crippen LogP contribution in [0.25, 0.3) is 11.1 Å². The number of benzene rings is 1. The van der Waals surface area contributed by atoms with Crippen LogP contribution in [0.3, 0.4) is 0 Å². The van der Waals surface area contributed by atoms with Crippen molar-refractivity contribution in [3.8, 4) is 6.07 Å². The van der Waals surface area contributed by atoms with Crippen LogP contribution in [0.15, 0.2) is 41.4 Å². The summed E-state index contributed by atoms with van der Waals surface area (Å²) in [7, 11) is 0. The molecule has 0 saturated heterocycles. The number of allylic oxidation sites excluding steroid dienone is 1. The molecule has 2 nitrogen and oxygen atoms in total. The van der Waals surface area contributed by atoms with E-state index < -0.39 is 0 Å². The van der Waals surface area contributed by atoms with Crippen LogP contribution in [0.4, 0.5) is 0 Å². The van der Waals surface area contributed by atoms with Gasteiger partial charge < -0.3 is 0 Å². The van der Waals surface area contributed by atoms with Crippen LogP contribution in [-0.4, -0.2) is 10.7 Å². The predicted octanol–water partition coefficient (Wildman–Crippen LogP) is 4.09. The second kappa shape index (κ2) is 4.22. The third-order valence-electron chi connectivity index (χ3n) is 4.13. The molecule has 1 atom stereocenters. The lowest BCUT2D eigenvalue weighted by atomic mass is 9.95. The fourth-order valence-corrected chi connectivity index (χ4v) is 4.27. The van der Waals surface area contributed by atoms with Gasteiger partial charge in [-0.1, -0.05) is 13.0 Å². The Morgan fingerprint density at radius 3 is 3.10 bits per heavy atom. The van der Waals surface area contributed by atoms with Gasteiger partial charge in [-0.05, 0) is 46.5 Å². The molecule has 4 rings (SSSR count). The summed E-state index contributed by atoms with van der Waals surface area (Å²) in [6, 6.07) is 12.4. The van der Waals surface area contributed by atoms with Gasteiger partial charge in [0.05, 0.1) is 17.3 Å². The monoisotopic (exact) mass is 276 g/mol. The summed E-state index contributed by atoms with van der Waals surface area (Å²) >= 11 is 1.84. The number of hydrogen-bond acceptors (Lipinski definition) is 3. The molecule has 0 bridgehead atoms. The Kier molecular flexibility index (Phi) is 2.48. The van der Waals surface area contributed by atoms with Crippen LogP contribution < -0.4 is 0 Å². The fourth-order valence-electron chi connectivity index (χ4n) is 3.19. The van der Waals surface area contributed by atoms with E-state index in [0.717, 1.165) is 17.0 Å². The standard InChI is InChI=1S/C17H12N2S/c1-10-12-5-4-11(8-18)7-13(12)14-9-20-15-3-2-6-19-17(15)16(10)14/h2-7,10H,9H2,1H3. The molecular weight excluding hydrogens is 264 g/mol. The Balaban J connectivity index is 1.97. The summed E-state index contributed by atoms with van der Waals surface area (Å²) in [6.07, 6.45) is 1.87. The van der Waals surface area contributed by atoms with Crippen LogP contribution in [0.5, 0.6) is 0 Å². The number of thioether (sulfide) groups is 1. The number of fused-ring (bicyclic) bond motifs is 4. The molecule has 1 aliphatic carbocycles. The second-order valence-corrected chi connectivity index (χ2v) is 6.18. The highest BCUT2D eigenvalue weighted by Crippen LogP contribution is 2.52. The summed E-state index contributed by atoms with van der Waals surface area (Å²) in [5.74, 6) is 1.34. The zero-order valence-electron chi connectivity index (χ0n) is 11.1. The fraction of sp³-hybridized carbons (Fsp3) is 0.176. The van der Waals surface area contributed by atoms with Crippen LogP contribution in [0.1, 0.15) is 35.2 Å². The van der Waals surface area contributed by atoms with E-state index in [1.807, 2.05) is 36.2 Å². The van der Waals surface area contributed by atoms with Gasteiger partial charge in [0.1, 0.15) is 0 Å². The first-order valence-electron chi connectivity index (χ1n) is 6.65. The molecule has 0 radical (unpaired) electrons. The summed E-state index contributed by atoms with van der Waals surface area (Å²) in [4.78, 5) is 5.86. The van der Waals surface area contributed by atoms with Crippen molar-refractivity contribution in [2.24, 2.45) is 0 Å². The third-order valence-corrected chi connectivity index (χ3v) is 5.20. The Bertz CT molecular complexity index is 799. The Labute approximate surface area is 122 Å². The maximum Gasteiger partial charge on any atom is 0.0991 e. The molecule has 0 saturated carbocycles. The number of hydrogen-bond donors (Lipinski definition) is 0. The maximum atomic E-state index is 9.10. The van der Waals surface area contributed by atoms with Crippen molar-refractivity contribution >= 4 is 22.9 Å². The van der Waals surface area contributed by atoms with Crippen LogP contribution in [0.2, 0.25) is 0 Å². The molecule has 96 valence electrons. The minimum atomic E-state index is 0.363. The molecule has 0 fully saturated rings. The van der Waals surface area contributed by atoms with Crippen molar-refractivity contribution in [2.45, 2.75) is 17.7 Å². The summed E-state index contributed by atoms with van der Waals surface area (Å²) in [5.41, 5.74) is 7.15. The van der Waals surface area contributed by atoms with Crippen molar-refractivity contribution in [1.29, 1.82) is 5.26 Å². The molecule has 0 amide bonds. The van der Waals surface area contributed by atoms with Crippen LogP contribution in [-0.2, 0) is 0 Å². The molecular formula is C17H12N2S. The molecule has 20 heavy (non-hydrogen) atoms. The highest BCUT2D eigenvalue weighted by molar-refractivity contribution is 7.99. The van der Waals surface area contributed by atoms with Crippen molar-refractivity contribution in [3.63, 3.8) is 0 Å². The SMILES string of the molecule is CC1C2=C(CSc3cccnc32)c2cc(C#N)ccc21. The predicted molar refractivity (Wildman–Crippen MR) is 81.3 cm³/mol. The van der Waals surface area contributed by atoms with E-state index in [9.17, 15) is 0 Å². The van der Waals surface area contributed by atoms with Gasteiger partial charge in [0.25, 0.3) is 0 Å². The van der Waals surface area contributed by atoms with Gasteiger partial charge in [-0.25, -0.2) is 0 Å². The highest BCUT2D eigenvalue weighted by Gasteiger charge is 2.33. The normalized spacial score (nSPS) is 19.1. The van der Waals surface area contributed by atoms with Gasteiger partial charge in [0.15, 0.2) is 0 Å². The third kappa shape index (κ3) is 1.49. The zero-order valence-corrected chi connectivity index (χ0v) is 11.9. The number of nitrogens with zero attached hydrogens (tertiary/aromatic N) is 2. The summed E-state index contributed by atoms with van der Waals surface area (Å²) in [6.45, 7) is 2.24. The summed E-state index contributed by atoms with van der Waals surface area (Å²) < 4.78 is 0. The molecule has 1 aromatic carbocycles. The zero-order chi connectivity index (χ0) is 13.7. The number of nitriles is 1. The van der Waals surface area contributed by atoms with Crippen molar-refractivity contribution < 1.29 is 0 Å². The lowest BCUT2D eigenvalue weighted by molar-refractivity contribution is 0.983. The van der Waals surface area contributed by atoms with Crippen molar-refractivity contribution in [1.82, 2.24) is 4.98 Å². The number of aromatic nitrogens is 1. The Morgan fingerprint density at radius 1 is 1.35 bits per heavy atom. The first-order chi connectivity index (χ1) is 9.79. The molecule has 1 aromatic heterocycles. The van der Waals surface area contributed by atoms with Gasteiger partial charge in [-0.15, -0.1) is 11.8 Å². The van der Waals surface area contributed by atoms with Gasteiger partial charge in [-0.3, -0.25) is 4.98 Å². The quantitative estimate of drug-likeness (QED) is 0.727. The molecule has 0 N–H and O–H groups in total. The molecule has 3 heteroatoms. The second-order valence-electron chi connectivity index (χ2n) is 5.17. The van der Waals surface area contributed by atoms with E-state index in [2.05, 4.69) is 30.1 Å². The average molecular weight is 276 g/mol. The molecule has 2 heterocycles. The molecule has 2 aromatic rings. The molecule has 1 unspecified atom stereocenters. The van der Waals surface area contributed by atoms with Crippen molar-refractivity contribution in [2.75, 3.05) is 5.75 Å². The van der Waals surface area contributed by atoms with E-state index >= 15 is 0 Å². The first-order valence-corrected chi connectivity index (χ1v) is 7.64. The Morgan fingerprint density at radius 2 is 2.25 bits per heavy atom. The van der Waals surface area contributed by atoms with Crippen LogP contribution in [0, 0.1) is 11.3 Å². The van der Waals surface area contributed by atoms with Gasteiger partial charge in [0, 0.05) is 22.8 Å². The number of rotatable bonds is 0. The van der Waals surface area contributed by atoms with E-state index in [-0.39, 0.29) is 0 Å². The van der Waals surface area contributed by atoms with Crippen LogP contribution >= 0.6 is 11.8 Å². The maximum absolute atomic E-state index is 9.10. The smallest absolute Gasteiger partial charge is 0.0991 e. The highest BCUT2D eigenvalue weighted by atomic mass is 32.2. The van der Waals surface area contributed by atoms with Gasteiger partial charge in [-0.2, -0.15) is 5.26 Å². The average Bonchev–Trinajstić information content (AvgIpc) is 2.80. The summed E-state index contributed by atoms with van der Waals surface area (Å²) in [5, 5.41) is 9.10. The van der Waals surface area contributed by atoms with E-state index in [0.29, 0.717) is 5.92 Å². The minimum Gasteiger partial charge on any atom is -0.255 e. The molecule has 0 spiro atoms. The van der Waals surface area contributed by atoms with Gasteiger partial charge >= 0.3 is 0 Å². The lowest BCUT2D eigenvalue weighted by Crippen LogP contribution is -2.02. The van der Waals surface area contributed by atoms with E-state index in [1.165, 1.54) is 27.2 Å². The van der Waals surface area contributed by atoms with E-state index in [1.54, 1.807) is 0 Å². The van der Waals surface area contributed by atoms with Crippen molar-refractivity contribution in [3.05, 3.63) is 58.9 Å². The molecule has 1 aliphatic heterocycles. The molecule has 2 aliphatic rings. The van der Waals surface area contributed by atoms with E-state index in [4.69, 9.17) is 5.26 Å². The van der Waals surface area contributed by atoms with Gasteiger partial charge in [0.2, 0.25) is 0 Å². The minimum absolute atomic E-state index is 0.363. The number of pyridine rings is 1. The first kappa shape index (κ1) is 11.7. The lowest BCUT2D eigenvalue weighted by Gasteiger charge is -2.19.